The molecule has 3 heteroatoms. The lowest BCUT2D eigenvalue weighted by atomic mass is 9.81. The fraction of sp³-hybridized carbons (Fsp3) is 0.0508. The largest absolute Gasteiger partial charge is 0.228 e. The average Bonchev–Trinajstić information content (AvgIpc) is 3.81. The van der Waals surface area contributed by atoms with Gasteiger partial charge in [-0.05, 0) is 127 Å². The van der Waals surface area contributed by atoms with E-state index in [1.807, 2.05) is 17.4 Å². The Morgan fingerprint density at radius 3 is 1.74 bits per heavy atom. The van der Waals surface area contributed by atoms with Crippen LogP contribution in [0.15, 0.2) is 206 Å². The summed E-state index contributed by atoms with van der Waals surface area (Å²) in [6, 6.07) is 75.0. The summed E-state index contributed by atoms with van der Waals surface area (Å²) in [7, 11) is 0. The normalized spacial score (nSPS) is 12.8. The van der Waals surface area contributed by atoms with Gasteiger partial charge < -0.3 is 0 Å². The number of nitrogens with zero attached hydrogens (tertiary/aromatic N) is 2. The highest BCUT2D eigenvalue weighted by molar-refractivity contribution is 7.25. The summed E-state index contributed by atoms with van der Waals surface area (Å²) >= 11 is 1.85. The van der Waals surface area contributed by atoms with Gasteiger partial charge in [-0.1, -0.05) is 159 Å². The molecule has 9 aromatic carbocycles. The third kappa shape index (κ3) is 6.08. The van der Waals surface area contributed by atoms with Gasteiger partial charge in [-0.15, -0.1) is 11.3 Å². The minimum absolute atomic E-state index is 0.148. The monoisotopic (exact) mass is 808 g/mol. The molecule has 11 aromatic rings. The summed E-state index contributed by atoms with van der Waals surface area (Å²) in [5.74, 6) is 0.698. The zero-order valence-corrected chi connectivity index (χ0v) is 35.2. The van der Waals surface area contributed by atoms with E-state index in [4.69, 9.17) is 9.97 Å². The zero-order chi connectivity index (χ0) is 41.4. The van der Waals surface area contributed by atoms with Crippen molar-refractivity contribution in [3.8, 4) is 78.4 Å². The van der Waals surface area contributed by atoms with Gasteiger partial charge >= 0.3 is 0 Å². The Bertz CT molecular complexity index is 3540. The molecule has 2 heterocycles. The van der Waals surface area contributed by atoms with Crippen molar-refractivity contribution in [2.75, 3.05) is 0 Å². The maximum atomic E-state index is 5.36. The van der Waals surface area contributed by atoms with Crippen molar-refractivity contribution >= 4 is 42.3 Å². The molecule has 2 aromatic heterocycles. The molecule has 0 amide bonds. The van der Waals surface area contributed by atoms with Crippen LogP contribution < -0.4 is 0 Å². The standard InChI is InChI=1S/C59H40N2S/c1-59(2)52-35-42(25-27-47(52)50-32-39-19-9-10-20-40(39)34-53(50)59)46-21-11-12-22-48(46)55-36-54(60-58(61-55)38-17-7-4-8-18-38)45-30-43(37-15-5-3-6-16-37)29-44(31-45)41-26-28-57-51(33-41)49-23-13-14-24-56(49)62-57/h3-36H,1-2H3. The van der Waals surface area contributed by atoms with E-state index < -0.39 is 0 Å². The molecule has 1 aliphatic carbocycles. The van der Waals surface area contributed by atoms with Gasteiger partial charge in [0.1, 0.15) is 0 Å². The molecule has 0 fully saturated rings. The molecule has 0 bridgehead atoms. The Labute approximate surface area is 365 Å². The highest BCUT2D eigenvalue weighted by atomic mass is 32.1. The van der Waals surface area contributed by atoms with Gasteiger partial charge in [0, 0.05) is 42.3 Å². The first-order chi connectivity index (χ1) is 30.4. The highest BCUT2D eigenvalue weighted by Gasteiger charge is 2.36. The molecule has 0 unspecified atom stereocenters. The van der Waals surface area contributed by atoms with Crippen LogP contribution >= 0.6 is 11.3 Å². The first kappa shape index (κ1) is 36.4. The molecule has 0 saturated carbocycles. The van der Waals surface area contributed by atoms with Crippen molar-refractivity contribution in [1.82, 2.24) is 9.97 Å². The summed E-state index contributed by atoms with van der Waals surface area (Å²) in [6.45, 7) is 4.73. The molecule has 12 rings (SSSR count). The number of hydrogen-bond donors (Lipinski definition) is 0. The lowest BCUT2D eigenvalue weighted by molar-refractivity contribution is 0.661. The number of thiophene rings is 1. The minimum atomic E-state index is -0.148. The molecule has 0 atom stereocenters. The maximum Gasteiger partial charge on any atom is 0.160 e. The molecule has 0 aliphatic heterocycles. The van der Waals surface area contributed by atoms with Crippen molar-refractivity contribution in [2.24, 2.45) is 0 Å². The molecule has 292 valence electrons. The maximum absolute atomic E-state index is 5.36. The van der Waals surface area contributed by atoms with Gasteiger partial charge in [0.2, 0.25) is 0 Å². The van der Waals surface area contributed by atoms with Gasteiger partial charge in [-0.2, -0.15) is 0 Å². The van der Waals surface area contributed by atoms with E-state index >= 15 is 0 Å². The molecular weight excluding hydrogens is 769 g/mol. The van der Waals surface area contributed by atoms with Crippen molar-refractivity contribution < 1.29 is 0 Å². The second kappa shape index (κ2) is 14.3. The van der Waals surface area contributed by atoms with Crippen LogP contribution in [-0.2, 0) is 5.41 Å². The van der Waals surface area contributed by atoms with E-state index in [2.05, 4.69) is 214 Å². The number of benzene rings is 9. The Morgan fingerprint density at radius 1 is 0.339 bits per heavy atom. The predicted octanol–water partition coefficient (Wildman–Crippen LogP) is 16.3. The van der Waals surface area contributed by atoms with Crippen LogP contribution in [-0.4, -0.2) is 9.97 Å². The van der Waals surface area contributed by atoms with Gasteiger partial charge in [0.25, 0.3) is 0 Å². The highest BCUT2D eigenvalue weighted by Crippen LogP contribution is 2.51. The van der Waals surface area contributed by atoms with Crippen LogP contribution in [0.5, 0.6) is 0 Å². The number of fused-ring (bicyclic) bond motifs is 7. The third-order valence-electron chi connectivity index (χ3n) is 12.9. The molecule has 0 saturated heterocycles. The minimum Gasteiger partial charge on any atom is -0.228 e. The van der Waals surface area contributed by atoms with E-state index in [1.165, 1.54) is 64.3 Å². The van der Waals surface area contributed by atoms with Crippen LogP contribution in [0.4, 0.5) is 0 Å². The van der Waals surface area contributed by atoms with Crippen molar-refractivity contribution in [3.05, 3.63) is 217 Å². The fourth-order valence-corrected chi connectivity index (χ4v) is 10.7. The summed E-state index contributed by atoms with van der Waals surface area (Å²) in [5, 5.41) is 5.14. The molecule has 0 radical (unpaired) electrons. The molecule has 0 spiro atoms. The van der Waals surface area contributed by atoms with Crippen LogP contribution in [0.1, 0.15) is 25.0 Å². The first-order valence-corrected chi connectivity index (χ1v) is 22.1. The average molecular weight is 809 g/mol. The SMILES string of the molecule is CC1(C)c2cc(-c3ccccc3-c3cc(-c4cc(-c5ccccc5)cc(-c5ccc6sc7ccccc7c6c5)c4)nc(-c4ccccc4)n3)ccc2-c2cc3ccccc3cc21. The van der Waals surface area contributed by atoms with Gasteiger partial charge in [-0.25, -0.2) is 9.97 Å². The van der Waals surface area contributed by atoms with E-state index in [1.54, 1.807) is 0 Å². The van der Waals surface area contributed by atoms with Crippen LogP contribution in [0.25, 0.3) is 109 Å². The first-order valence-electron chi connectivity index (χ1n) is 21.3. The Morgan fingerprint density at radius 2 is 0.935 bits per heavy atom. The smallest absolute Gasteiger partial charge is 0.160 e. The Hall–Kier alpha value is -7.46. The van der Waals surface area contributed by atoms with Gasteiger partial charge in [0.15, 0.2) is 5.82 Å². The second-order valence-electron chi connectivity index (χ2n) is 17.0. The molecular formula is C59H40N2S. The second-order valence-corrected chi connectivity index (χ2v) is 18.1. The molecule has 1 aliphatic rings. The lowest BCUT2D eigenvalue weighted by Crippen LogP contribution is -2.15. The van der Waals surface area contributed by atoms with Crippen molar-refractivity contribution in [2.45, 2.75) is 19.3 Å². The summed E-state index contributed by atoms with van der Waals surface area (Å²) in [6.07, 6.45) is 0. The third-order valence-corrected chi connectivity index (χ3v) is 14.0. The van der Waals surface area contributed by atoms with Gasteiger partial charge in [0.05, 0.1) is 11.4 Å². The number of hydrogen-bond acceptors (Lipinski definition) is 3. The van der Waals surface area contributed by atoms with Crippen LogP contribution in [0.2, 0.25) is 0 Å². The Balaban J connectivity index is 1.03. The molecule has 62 heavy (non-hydrogen) atoms. The van der Waals surface area contributed by atoms with Crippen molar-refractivity contribution in [1.29, 1.82) is 0 Å². The van der Waals surface area contributed by atoms with Gasteiger partial charge in [-0.3, -0.25) is 0 Å². The molecule has 2 nitrogen and oxygen atoms in total. The van der Waals surface area contributed by atoms with E-state index in [0.717, 1.165) is 50.3 Å². The van der Waals surface area contributed by atoms with Crippen LogP contribution in [0, 0.1) is 0 Å². The Kier molecular flexibility index (Phi) is 8.41. The lowest BCUT2D eigenvalue weighted by Gasteiger charge is -2.22. The van der Waals surface area contributed by atoms with E-state index in [0.29, 0.717) is 5.82 Å². The molecule has 0 N–H and O–H groups in total. The predicted molar refractivity (Wildman–Crippen MR) is 263 cm³/mol. The van der Waals surface area contributed by atoms with E-state index in [-0.39, 0.29) is 5.41 Å². The summed E-state index contributed by atoms with van der Waals surface area (Å²) in [5.41, 5.74) is 17.0. The fourth-order valence-electron chi connectivity index (χ4n) is 9.64. The number of rotatable bonds is 6. The van der Waals surface area contributed by atoms with Crippen LogP contribution in [0.3, 0.4) is 0 Å². The zero-order valence-electron chi connectivity index (χ0n) is 34.4. The topological polar surface area (TPSA) is 25.8 Å². The quantitative estimate of drug-likeness (QED) is 0.167. The summed E-state index contributed by atoms with van der Waals surface area (Å²) in [4.78, 5) is 10.7. The summed E-state index contributed by atoms with van der Waals surface area (Å²) < 4.78 is 2.61. The number of aromatic nitrogens is 2. The van der Waals surface area contributed by atoms with Crippen molar-refractivity contribution in [3.63, 3.8) is 0 Å². The van der Waals surface area contributed by atoms with E-state index in [9.17, 15) is 0 Å².